The molecule has 1 aromatic heterocycles. The maximum Gasteiger partial charge on any atom is 0.232 e. The topological polar surface area (TPSA) is 59.2 Å². The fraction of sp³-hybridized carbons (Fsp3) is 0.167. The zero-order chi connectivity index (χ0) is 17.4. The van der Waals surface area contributed by atoms with E-state index in [1.165, 1.54) is 12.1 Å². The normalized spacial score (nSPS) is 17.3. The maximum atomic E-state index is 13.1. The van der Waals surface area contributed by atoms with Crippen molar-refractivity contribution in [3.8, 4) is 11.4 Å². The molecule has 0 unspecified atom stereocenters. The Hall–Kier alpha value is -2.73. The monoisotopic (exact) mass is 357 g/mol. The van der Waals surface area contributed by atoms with Gasteiger partial charge in [-0.3, -0.25) is 4.79 Å². The van der Waals surface area contributed by atoms with E-state index in [1.54, 1.807) is 29.2 Å². The molecule has 0 saturated carbocycles. The van der Waals surface area contributed by atoms with Crippen molar-refractivity contribution in [2.24, 2.45) is 0 Å². The highest BCUT2D eigenvalue weighted by Crippen LogP contribution is 2.32. The second-order valence-electron chi connectivity index (χ2n) is 5.85. The molecule has 1 saturated heterocycles. The van der Waals surface area contributed by atoms with Gasteiger partial charge in [0.05, 0.1) is 5.92 Å². The van der Waals surface area contributed by atoms with E-state index < -0.39 is 0 Å². The van der Waals surface area contributed by atoms with Crippen LogP contribution in [0.5, 0.6) is 0 Å². The molecule has 1 aliphatic heterocycles. The van der Waals surface area contributed by atoms with Crippen LogP contribution in [0.2, 0.25) is 5.02 Å². The Labute approximate surface area is 148 Å². The lowest BCUT2D eigenvalue weighted by atomic mass is 10.1. The summed E-state index contributed by atoms with van der Waals surface area (Å²) in [6, 6.07) is 13.0. The number of hydrogen-bond acceptors (Lipinski definition) is 4. The molecular formula is C18H13ClFN3O2. The molecule has 1 aliphatic rings. The van der Waals surface area contributed by atoms with Crippen LogP contribution in [0.15, 0.2) is 53.1 Å². The van der Waals surface area contributed by atoms with Gasteiger partial charge in [-0.2, -0.15) is 4.98 Å². The first-order chi connectivity index (χ1) is 12.1. The third-order valence-corrected chi connectivity index (χ3v) is 4.37. The van der Waals surface area contributed by atoms with Gasteiger partial charge in [-0.1, -0.05) is 28.9 Å². The van der Waals surface area contributed by atoms with Crippen molar-refractivity contribution < 1.29 is 13.7 Å². The van der Waals surface area contributed by atoms with E-state index in [4.69, 9.17) is 16.1 Å². The van der Waals surface area contributed by atoms with E-state index in [1.807, 2.05) is 12.1 Å². The van der Waals surface area contributed by atoms with Crippen LogP contribution in [0.4, 0.5) is 10.1 Å². The van der Waals surface area contributed by atoms with Gasteiger partial charge in [-0.15, -0.1) is 0 Å². The summed E-state index contributed by atoms with van der Waals surface area (Å²) in [7, 11) is 0. The molecule has 0 bridgehead atoms. The molecule has 3 aromatic rings. The van der Waals surface area contributed by atoms with Gasteiger partial charge in [-0.05, 0) is 36.4 Å². The molecule has 0 spiro atoms. The average molecular weight is 358 g/mol. The molecule has 5 nitrogen and oxygen atoms in total. The lowest BCUT2D eigenvalue weighted by Crippen LogP contribution is -2.24. The lowest BCUT2D eigenvalue weighted by molar-refractivity contribution is -0.117. The summed E-state index contributed by atoms with van der Waals surface area (Å²) in [5.74, 6) is 0.255. The Morgan fingerprint density at radius 2 is 2.00 bits per heavy atom. The molecule has 4 rings (SSSR count). The average Bonchev–Trinajstić information content (AvgIpc) is 3.23. The van der Waals surface area contributed by atoms with E-state index in [2.05, 4.69) is 10.1 Å². The zero-order valence-electron chi connectivity index (χ0n) is 13.0. The predicted octanol–water partition coefficient (Wildman–Crippen LogP) is 4.05. The van der Waals surface area contributed by atoms with Crippen molar-refractivity contribution in [2.45, 2.75) is 12.3 Å². The van der Waals surface area contributed by atoms with Gasteiger partial charge in [-0.25, -0.2) is 4.39 Å². The van der Waals surface area contributed by atoms with E-state index in [-0.39, 0.29) is 24.1 Å². The number of halogens is 2. The van der Waals surface area contributed by atoms with Gasteiger partial charge in [0.2, 0.25) is 17.6 Å². The predicted molar refractivity (Wildman–Crippen MR) is 90.9 cm³/mol. The highest BCUT2D eigenvalue weighted by molar-refractivity contribution is 6.30. The van der Waals surface area contributed by atoms with Crippen molar-refractivity contribution in [2.75, 3.05) is 11.4 Å². The number of carbonyl (C=O) groups excluding carboxylic acids is 1. The second-order valence-corrected chi connectivity index (χ2v) is 6.28. The Kier molecular flexibility index (Phi) is 3.97. The molecule has 0 N–H and O–H groups in total. The van der Waals surface area contributed by atoms with Crippen LogP contribution in [0, 0.1) is 5.82 Å². The van der Waals surface area contributed by atoms with Gasteiger partial charge in [0.15, 0.2) is 0 Å². The van der Waals surface area contributed by atoms with E-state index >= 15 is 0 Å². The molecule has 7 heteroatoms. The third kappa shape index (κ3) is 3.13. The van der Waals surface area contributed by atoms with Crippen molar-refractivity contribution in [3.63, 3.8) is 0 Å². The fourth-order valence-corrected chi connectivity index (χ4v) is 3.08. The minimum atomic E-state index is -0.338. The van der Waals surface area contributed by atoms with Gasteiger partial charge in [0.1, 0.15) is 5.82 Å². The van der Waals surface area contributed by atoms with Crippen molar-refractivity contribution in [1.29, 1.82) is 0 Å². The molecule has 1 fully saturated rings. The summed E-state index contributed by atoms with van der Waals surface area (Å²) >= 11 is 5.98. The smallest absolute Gasteiger partial charge is 0.232 e. The van der Waals surface area contributed by atoms with Crippen molar-refractivity contribution >= 4 is 23.2 Å². The van der Waals surface area contributed by atoms with Crippen molar-refractivity contribution in [3.05, 3.63) is 65.3 Å². The summed E-state index contributed by atoms with van der Waals surface area (Å²) in [6.45, 7) is 0.418. The minimum Gasteiger partial charge on any atom is -0.339 e. The zero-order valence-corrected chi connectivity index (χ0v) is 13.8. The van der Waals surface area contributed by atoms with Gasteiger partial charge >= 0.3 is 0 Å². The standard InChI is InChI=1S/C18H13ClFN3O2/c19-13-3-1-2-11(8-13)17-21-18(25-22-17)12-9-16(24)23(10-12)15-6-4-14(20)5-7-15/h1-8,12H,9-10H2/t12-/m1/s1. The molecular weight excluding hydrogens is 345 g/mol. The Balaban J connectivity index is 1.55. The lowest BCUT2D eigenvalue weighted by Gasteiger charge is -2.15. The van der Waals surface area contributed by atoms with Gasteiger partial charge < -0.3 is 9.42 Å². The van der Waals surface area contributed by atoms with E-state index in [0.717, 1.165) is 5.56 Å². The Morgan fingerprint density at radius 3 is 2.76 bits per heavy atom. The van der Waals surface area contributed by atoms with Crippen LogP contribution >= 0.6 is 11.6 Å². The first-order valence-electron chi connectivity index (χ1n) is 7.75. The number of nitrogens with zero attached hydrogens (tertiary/aromatic N) is 3. The van der Waals surface area contributed by atoms with E-state index in [9.17, 15) is 9.18 Å². The molecule has 2 aromatic carbocycles. The Morgan fingerprint density at radius 1 is 1.20 bits per heavy atom. The SMILES string of the molecule is O=C1C[C@@H](c2nc(-c3cccc(Cl)c3)no2)CN1c1ccc(F)cc1. The quantitative estimate of drug-likeness (QED) is 0.709. The van der Waals surface area contributed by atoms with Crippen LogP contribution in [-0.4, -0.2) is 22.6 Å². The maximum absolute atomic E-state index is 13.1. The van der Waals surface area contributed by atoms with Crippen LogP contribution in [0.25, 0.3) is 11.4 Å². The molecule has 0 radical (unpaired) electrons. The largest absolute Gasteiger partial charge is 0.339 e. The molecule has 25 heavy (non-hydrogen) atoms. The molecule has 2 heterocycles. The second kappa shape index (κ2) is 6.29. The number of carbonyl (C=O) groups is 1. The van der Waals surface area contributed by atoms with Crippen LogP contribution < -0.4 is 4.90 Å². The highest BCUT2D eigenvalue weighted by Gasteiger charge is 2.35. The summed E-state index contributed by atoms with van der Waals surface area (Å²) in [6.07, 6.45) is 0.272. The van der Waals surface area contributed by atoms with Crippen molar-refractivity contribution in [1.82, 2.24) is 10.1 Å². The first kappa shape index (κ1) is 15.8. The first-order valence-corrected chi connectivity index (χ1v) is 8.13. The molecule has 0 aliphatic carbocycles. The third-order valence-electron chi connectivity index (χ3n) is 4.14. The van der Waals surface area contributed by atoms with E-state index in [0.29, 0.717) is 29.0 Å². The number of benzene rings is 2. The van der Waals surface area contributed by atoms with Crippen LogP contribution in [0.1, 0.15) is 18.2 Å². The van der Waals surface area contributed by atoms with Crippen LogP contribution in [0.3, 0.4) is 0 Å². The highest BCUT2D eigenvalue weighted by atomic mass is 35.5. The summed E-state index contributed by atoms with van der Waals surface area (Å²) in [4.78, 5) is 18.3. The number of rotatable bonds is 3. The summed E-state index contributed by atoms with van der Waals surface area (Å²) in [5, 5.41) is 4.57. The molecule has 126 valence electrons. The number of hydrogen-bond donors (Lipinski definition) is 0. The molecule has 1 atom stereocenters. The number of amides is 1. The Bertz CT molecular complexity index is 926. The molecule has 1 amide bonds. The van der Waals surface area contributed by atoms with Crippen LogP contribution in [-0.2, 0) is 4.79 Å². The summed E-state index contributed by atoms with van der Waals surface area (Å²) in [5.41, 5.74) is 1.41. The van der Waals surface area contributed by atoms with Gasteiger partial charge in [0, 0.05) is 29.2 Å². The minimum absolute atomic E-state index is 0.0564. The number of aromatic nitrogens is 2. The summed E-state index contributed by atoms with van der Waals surface area (Å²) < 4.78 is 18.4. The fourth-order valence-electron chi connectivity index (χ4n) is 2.89. The number of anilines is 1. The van der Waals surface area contributed by atoms with Gasteiger partial charge in [0.25, 0.3) is 0 Å².